The van der Waals surface area contributed by atoms with Gasteiger partial charge in [-0.1, -0.05) is 19.1 Å². The molecule has 0 unspecified atom stereocenters. The van der Waals surface area contributed by atoms with Crippen LogP contribution in [0, 0.1) is 12.3 Å². The highest BCUT2D eigenvalue weighted by atomic mass is 19.1. The summed E-state index contributed by atoms with van der Waals surface area (Å²) in [4.78, 5) is 12.3. The van der Waals surface area contributed by atoms with Gasteiger partial charge in [0.1, 0.15) is 12.4 Å². The van der Waals surface area contributed by atoms with Crippen molar-refractivity contribution in [3.05, 3.63) is 41.2 Å². The maximum atomic E-state index is 12.7. The van der Waals surface area contributed by atoms with Gasteiger partial charge in [-0.3, -0.25) is 4.79 Å². The maximum Gasteiger partial charge on any atom is 0.225 e. The normalized spacial score (nSPS) is 28.1. The van der Waals surface area contributed by atoms with Gasteiger partial charge in [0.05, 0.1) is 6.33 Å². The van der Waals surface area contributed by atoms with Crippen LogP contribution in [0.1, 0.15) is 63.0 Å². The summed E-state index contributed by atoms with van der Waals surface area (Å²) in [5.74, 6) is 1.04. The van der Waals surface area contributed by atoms with Gasteiger partial charge in [-0.2, -0.15) is 0 Å². The van der Waals surface area contributed by atoms with E-state index >= 15 is 0 Å². The van der Waals surface area contributed by atoms with Crippen molar-refractivity contribution >= 4 is 5.91 Å². The smallest absolute Gasteiger partial charge is 0.225 e. The molecule has 1 aromatic rings. The lowest BCUT2D eigenvalue weighted by Gasteiger charge is -2.52. The molecular formula is C22H30FNO2. The predicted molar refractivity (Wildman–Crippen MR) is 102 cm³/mol. The first-order chi connectivity index (χ1) is 12.5. The molecule has 4 rings (SSSR count). The third kappa shape index (κ3) is 3.26. The van der Waals surface area contributed by atoms with Gasteiger partial charge in [0, 0.05) is 12.5 Å². The van der Waals surface area contributed by atoms with Crippen molar-refractivity contribution in [3.8, 4) is 5.75 Å². The topological polar surface area (TPSA) is 38.3 Å². The van der Waals surface area contributed by atoms with E-state index in [1.165, 1.54) is 5.56 Å². The third-order valence-electron chi connectivity index (χ3n) is 6.76. The molecule has 3 aliphatic carbocycles. The number of nitrogens with one attached hydrogen (secondary N) is 1. The molecule has 4 heteroatoms. The first kappa shape index (κ1) is 18.9. The van der Waals surface area contributed by atoms with Crippen molar-refractivity contribution in [1.82, 2.24) is 5.32 Å². The second kappa shape index (κ2) is 7.42. The zero-order chi connectivity index (χ0) is 18.8. The van der Waals surface area contributed by atoms with Gasteiger partial charge in [0.25, 0.3) is 0 Å². The number of amides is 1. The van der Waals surface area contributed by atoms with E-state index in [9.17, 15) is 9.18 Å². The van der Waals surface area contributed by atoms with Crippen molar-refractivity contribution in [2.24, 2.45) is 5.41 Å². The Labute approximate surface area is 156 Å². The van der Waals surface area contributed by atoms with E-state index in [0.29, 0.717) is 24.9 Å². The minimum Gasteiger partial charge on any atom is -0.489 e. The van der Waals surface area contributed by atoms with E-state index in [4.69, 9.17) is 4.74 Å². The van der Waals surface area contributed by atoms with Gasteiger partial charge in [-0.15, -0.1) is 0 Å². The summed E-state index contributed by atoms with van der Waals surface area (Å²) in [5.41, 5.74) is 3.19. The lowest BCUT2D eigenvalue weighted by atomic mass is 9.51. The van der Waals surface area contributed by atoms with E-state index in [2.05, 4.69) is 24.4 Å². The molecule has 0 radical (unpaired) electrons. The van der Waals surface area contributed by atoms with Gasteiger partial charge in [-0.05, 0) is 80.1 Å². The Hall–Kier alpha value is -1.84. The maximum absolute atomic E-state index is 12.7. The Kier molecular flexibility index (Phi) is 5.40. The predicted octanol–water partition coefficient (Wildman–Crippen LogP) is 4.98. The monoisotopic (exact) mass is 359 g/mol. The quantitative estimate of drug-likeness (QED) is 0.778. The summed E-state index contributed by atoms with van der Waals surface area (Å²) in [6.07, 6.45) is 7.45. The molecule has 3 saturated carbocycles. The highest BCUT2D eigenvalue weighted by Crippen LogP contribution is 2.58. The Morgan fingerprint density at radius 1 is 1.23 bits per heavy atom. The molecule has 0 aromatic heterocycles. The number of aryl methyl sites for hydroxylation is 1. The Bertz CT molecular complexity index is 686. The van der Waals surface area contributed by atoms with E-state index in [1.54, 1.807) is 7.05 Å². The average Bonchev–Trinajstić information content (AvgIpc) is 2.70. The number of halogens is 1. The Morgan fingerprint density at radius 2 is 1.88 bits per heavy atom. The number of hydrogen-bond donors (Lipinski definition) is 1. The van der Waals surface area contributed by atoms with Crippen molar-refractivity contribution in [1.29, 1.82) is 0 Å². The van der Waals surface area contributed by atoms with Crippen LogP contribution in [0.25, 0.3) is 0 Å². The Morgan fingerprint density at radius 3 is 2.38 bits per heavy atom. The molecule has 3 nitrogen and oxygen atoms in total. The molecule has 0 atom stereocenters. The molecule has 142 valence electrons. The van der Waals surface area contributed by atoms with Gasteiger partial charge >= 0.3 is 0 Å². The third-order valence-corrected chi connectivity index (χ3v) is 6.76. The second-order valence-corrected chi connectivity index (χ2v) is 8.03. The van der Waals surface area contributed by atoms with Gasteiger partial charge < -0.3 is 10.1 Å². The summed E-state index contributed by atoms with van der Waals surface area (Å²) in [6.45, 7) is 4.28. The summed E-state index contributed by atoms with van der Waals surface area (Å²) in [6, 6.07) is 6.43. The molecule has 0 aliphatic heterocycles. The molecule has 1 N–H and O–H groups in total. The molecule has 1 amide bonds. The lowest BCUT2D eigenvalue weighted by Crippen LogP contribution is -2.51. The second-order valence-electron chi connectivity index (χ2n) is 8.03. The molecule has 2 bridgehead atoms. The summed E-state index contributed by atoms with van der Waals surface area (Å²) in [7, 11) is 1.75. The summed E-state index contributed by atoms with van der Waals surface area (Å²) in [5, 5.41) is 2.87. The van der Waals surface area contributed by atoms with Gasteiger partial charge in [0.2, 0.25) is 5.91 Å². The zero-order valence-corrected chi connectivity index (χ0v) is 16.2. The van der Waals surface area contributed by atoms with E-state index < -0.39 is 0 Å². The number of hydrogen-bond acceptors (Lipinski definition) is 2. The molecule has 0 saturated heterocycles. The zero-order valence-electron chi connectivity index (χ0n) is 16.2. The Balaban J connectivity index is 1.73. The highest BCUT2D eigenvalue weighted by molar-refractivity contribution is 5.82. The minimum atomic E-state index is -0.135. The number of ether oxygens (including phenoxy) is 1. The standard InChI is InChI=1S/C22H30FNO2/c1-4-17(14-23)15-26-19-6-5-18(13-16(19)2)21-7-10-22(11-8-21,12-9-21)20(25)24-3/h5-6,13-14H,4,7-12,15H2,1-3H3,(H,24,25)/b17-14-. The van der Waals surface area contributed by atoms with Crippen LogP contribution in [0.15, 0.2) is 30.1 Å². The van der Waals surface area contributed by atoms with Crippen LogP contribution in [0.3, 0.4) is 0 Å². The van der Waals surface area contributed by atoms with Gasteiger partial charge in [-0.25, -0.2) is 4.39 Å². The number of carbonyl (C=O) groups is 1. The van der Waals surface area contributed by atoms with Crippen LogP contribution in [0.5, 0.6) is 5.75 Å². The average molecular weight is 359 g/mol. The van der Waals surface area contributed by atoms with E-state index in [1.807, 2.05) is 13.0 Å². The highest BCUT2D eigenvalue weighted by Gasteiger charge is 2.52. The fourth-order valence-corrected chi connectivity index (χ4v) is 4.75. The van der Waals surface area contributed by atoms with E-state index in [0.717, 1.165) is 49.8 Å². The van der Waals surface area contributed by atoms with Crippen molar-refractivity contribution < 1.29 is 13.9 Å². The molecule has 0 spiro atoms. The van der Waals surface area contributed by atoms with Gasteiger partial charge in [0.15, 0.2) is 0 Å². The summed E-state index contributed by atoms with van der Waals surface area (Å²) >= 11 is 0. The van der Waals surface area contributed by atoms with Crippen LogP contribution in [-0.2, 0) is 10.2 Å². The molecule has 1 aromatic carbocycles. The fraction of sp³-hybridized carbons (Fsp3) is 0.591. The van der Waals surface area contributed by atoms with Crippen LogP contribution in [-0.4, -0.2) is 19.6 Å². The SMILES string of the molecule is CC/C(=C/F)COc1ccc(C23CCC(C(=O)NC)(CC2)CC3)cc1C. The molecular weight excluding hydrogens is 329 g/mol. The number of benzene rings is 1. The van der Waals surface area contributed by atoms with Crippen LogP contribution in [0.4, 0.5) is 4.39 Å². The lowest BCUT2D eigenvalue weighted by molar-refractivity contribution is -0.137. The molecule has 3 aliphatic rings. The molecule has 3 fully saturated rings. The van der Waals surface area contributed by atoms with E-state index in [-0.39, 0.29) is 16.7 Å². The van der Waals surface area contributed by atoms with Crippen molar-refractivity contribution in [2.75, 3.05) is 13.7 Å². The van der Waals surface area contributed by atoms with Crippen LogP contribution in [0.2, 0.25) is 0 Å². The largest absolute Gasteiger partial charge is 0.489 e. The molecule has 0 heterocycles. The first-order valence-corrected chi connectivity index (χ1v) is 9.73. The number of carbonyl (C=O) groups excluding carboxylic acids is 1. The first-order valence-electron chi connectivity index (χ1n) is 9.73. The van der Waals surface area contributed by atoms with Crippen LogP contribution < -0.4 is 10.1 Å². The van der Waals surface area contributed by atoms with Crippen molar-refractivity contribution in [2.45, 2.75) is 64.2 Å². The van der Waals surface area contributed by atoms with Crippen molar-refractivity contribution in [3.63, 3.8) is 0 Å². The summed E-state index contributed by atoms with van der Waals surface area (Å²) < 4.78 is 18.5. The molecule has 26 heavy (non-hydrogen) atoms. The fourth-order valence-electron chi connectivity index (χ4n) is 4.75. The number of fused-ring (bicyclic) bond motifs is 3. The number of rotatable bonds is 6. The minimum absolute atomic E-state index is 0.135. The van der Waals surface area contributed by atoms with Crippen LogP contribution >= 0.6 is 0 Å².